The summed E-state index contributed by atoms with van der Waals surface area (Å²) >= 11 is 5.99. The summed E-state index contributed by atoms with van der Waals surface area (Å²) in [5.74, 6) is 0. The first-order valence-electron chi connectivity index (χ1n) is 5.63. The molecule has 0 radical (unpaired) electrons. The van der Waals surface area contributed by atoms with E-state index in [1.807, 2.05) is 12.2 Å². The Hall–Kier alpha value is -1.04. The number of anilines is 1. The Kier molecular flexibility index (Phi) is 3.66. The number of hydrogen-bond donors (Lipinski definition) is 1. The highest BCUT2D eigenvalue weighted by Gasteiger charge is 2.25. The van der Waals surface area contributed by atoms with Gasteiger partial charge in [-0.3, -0.25) is 0 Å². The molecule has 1 aromatic rings. The highest BCUT2D eigenvalue weighted by atomic mass is 35.5. The number of nitrogens with zero attached hydrogens (tertiary/aromatic N) is 1. The molecule has 0 amide bonds. The van der Waals surface area contributed by atoms with Gasteiger partial charge in [-0.15, -0.1) is 0 Å². The van der Waals surface area contributed by atoms with Crippen molar-refractivity contribution in [1.29, 1.82) is 0 Å². The van der Waals surface area contributed by atoms with E-state index in [-0.39, 0.29) is 4.90 Å². The zero-order valence-corrected chi connectivity index (χ0v) is 11.6. The first-order valence-corrected chi connectivity index (χ1v) is 7.45. The fourth-order valence-electron chi connectivity index (χ4n) is 1.81. The quantitative estimate of drug-likeness (QED) is 0.669. The summed E-state index contributed by atoms with van der Waals surface area (Å²) < 4.78 is 26.2. The maximum Gasteiger partial charge on any atom is 0.243 e. The number of nitrogen functional groups attached to an aromatic ring is 1. The van der Waals surface area contributed by atoms with E-state index in [2.05, 4.69) is 0 Å². The van der Waals surface area contributed by atoms with Crippen molar-refractivity contribution in [1.82, 2.24) is 4.31 Å². The third-order valence-corrected chi connectivity index (χ3v) is 5.25. The normalized spacial score (nSPS) is 17.0. The van der Waals surface area contributed by atoms with Crippen LogP contribution in [0.1, 0.15) is 12.0 Å². The van der Waals surface area contributed by atoms with Gasteiger partial charge >= 0.3 is 0 Å². The molecule has 1 aliphatic heterocycles. The Morgan fingerprint density at radius 1 is 1.33 bits per heavy atom. The van der Waals surface area contributed by atoms with Crippen molar-refractivity contribution in [2.75, 3.05) is 18.8 Å². The number of halogens is 1. The minimum atomic E-state index is -3.51. The van der Waals surface area contributed by atoms with E-state index in [4.69, 9.17) is 17.3 Å². The van der Waals surface area contributed by atoms with Crippen molar-refractivity contribution >= 4 is 27.3 Å². The number of nitrogens with two attached hydrogens (primary N) is 1. The van der Waals surface area contributed by atoms with E-state index in [0.717, 1.165) is 6.42 Å². The molecule has 0 saturated carbocycles. The maximum absolute atomic E-state index is 12.4. The Morgan fingerprint density at radius 3 is 2.61 bits per heavy atom. The predicted octanol–water partition coefficient (Wildman–Crippen LogP) is 2.18. The number of hydrogen-bond acceptors (Lipinski definition) is 3. The summed E-state index contributed by atoms with van der Waals surface area (Å²) in [5, 5.41) is 0.376. The van der Waals surface area contributed by atoms with Crippen LogP contribution in [0.5, 0.6) is 0 Å². The zero-order chi connectivity index (χ0) is 13.3. The second-order valence-corrected chi connectivity index (χ2v) is 6.59. The SMILES string of the molecule is Cc1c(N)cc(S(=O)(=O)N2CC=CCC2)cc1Cl. The van der Waals surface area contributed by atoms with Gasteiger partial charge in [-0.25, -0.2) is 8.42 Å². The number of rotatable bonds is 2. The monoisotopic (exact) mass is 286 g/mol. The summed E-state index contributed by atoms with van der Waals surface area (Å²) in [6, 6.07) is 2.93. The van der Waals surface area contributed by atoms with Gasteiger partial charge in [-0.05, 0) is 31.0 Å². The molecule has 0 aromatic heterocycles. The van der Waals surface area contributed by atoms with Crippen LogP contribution in [0.4, 0.5) is 5.69 Å². The van der Waals surface area contributed by atoms with Gasteiger partial charge in [0.15, 0.2) is 0 Å². The standard InChI is InChI=1S/C12H15ClN2O2S/c1-9-11(13)7-10(8-12(9)14)18(16,17)15-5-3-2-4-6-15/h2-3,7-8H,4-6,14H2,1H3. The van der Waals surface area contributed by atoms with Gasteiger partial charge in [-0.2, -0.15) is 4.31 Å². The smallest absolute Gasteiger partial charge is 0.243 e. The molecule has 0 fully saturated rings. The molecule has 1 aliphatic rings. The summed E-state index contributed by atoms with van der Waals surface area (Å²) in [5.41, 5.74) is 6.87. The lowest BCUT2D eigenvalue weighted by Gasteiger charge is -2.23. The molecule has 0 bridgehead atoms. The van der Waals surface area contributed by atoms with Crippen molar-refractivity contribution in [3.05, 3.63) is 34.9 Å². The third-order valence-electron chi connectivity index (χ3n) is 3.02. The molecule has 2 N–H and O–H groups in total. The summed E-state index contributed by atoms with van der Waals surface area (Å²) in [6.45, 7) is 2.65. The lowest BCUT2D eigenvalue weighted by atomic mass is 10.2. The van der Waals surface area contributed by atoms with Crippen LogP contribution in [0.3, 0.4) is 0 Å². The number of benzene rings is 1. The van der Waals surface area contributed by atoms with Crippen LogP contribution in [0.25, 0.3) is 0 Å². The van der Waals surface area contributed by atoms with Gasteiger partial charge in [0, 0.05) is 23.8 Å². The molecule has 1 aromatic carbocycles. The van der Waals surface area contributed by atoms with Crippen LogP contribution >= 0.6 is 11.6 Å². The molecule has 2 rings (SSSR count). The second-order valence-electron chi connectivity index (χ2n) is 4.24. The first-order chi connectivity index (χ1) is 8.43. The van der Waals surface area contributed by atoms with Gasteiger partial charge in [0.2, 0.25) is 10.0 Å². The number of sulfonamides is 1. The summed E-state index contributed by atoms with van der Waals surface area (Å²) in [4.78, 5) is 0.158. The summed E-state index contributed by atoms with van der Waals surface area (Å²) in [7, 11) is -3.51. The van der Waals surface area contributed by atoms with Crippen LogP contribution in [0, 0.1) is 6.92 Å². The van der Waals surface area contributed by atoms with Crippen LogP contribution in [0.2, 0.25) is 5.02 Å². The van der Waals surface area contributed by atoms with Crippen molar-refractivity contribution in [2.24, 2.45) is 0 Å². The van der Waals surface area contributed by atoms with Gasteiger partial charge in [0.25, 0.3) is 0 Å². The Bertz CT molecular complexity index is 573. The van der Waals surface area contributed by atoms with E-state index in [9.17, 15) is 8.42 Å². The van der Waals surface area contributed by atoms with E-state index in [1.54, 1.807) is 6.92 Å². The third kappa shape index (κ3) is 2.39. The predicted molar refractivity (Wildman–Crippen MR) is 73.1 cm³/mol. The Balaban J connectivity index is 2.44. The maximum atomic E-state index is 12.4. The molecule has 0 unspecified atom stereocenters. The van der Waals surface area contributed by atoms with Crippen molar-refractivity contribution in [3.8, 4) is 0 Å². The van der Waals surface area contributed by atoms with Crippen LogP contribution in [-0.2, 0) is 10.0 Å². The molecule has 0 spiro atoms. The molecular weight excluding hydrogens is 272 g/mol. The average molecular weight is 287 g/mol. The molecule has 0 saturated heterocycles. The van der Waals surface area contributed by atoms with Crippen molar-refractivity contribution < 1.29 is 8.42 Å². The average Bonchev–Trinajstić information content (AvgIpc) is 2.36. The van der Waals surface area contributed by atoms with E-state index in [1.165, 1.54) is 16.4 Å². The molecule has 4 nitrogen and oxygen atoms in total. The second kappa shape index (κ2) is 4.91. The van der Waals surface area contributed by atoms with E-state index < -0.39 is 10.0 Å². The van der Waals surface area contributed by atoms with Crippen molar-refractivity contribution in [2.45, 2.75) is 18.2 Å². The van der Waals surface area contributed by atoms with Gasteiger partial charge in [0.1, 0.15) is 0 Å². The fraction of sp³-hybridized carbons (Fsp3) is 0.333. The minimum absolute atomic E-state index is 0.158. The van der Waals surface area contributed by atoms with E-state index in [0.29, 0.717) is 29.4 Å². The van der Waals surface area contributed by atoms with Crippen LogP contribution < -0.4 is 5.73 Å². The van der Waals surface area contributed by atoms with E-state index >= 15 is 0 Å². The molecule has 0 aliphatic carbocycles. The lowest BCUT2D eigenvalue weighted by molar-refractivity contribution is 0.437. The summed E-state index contributed by atoms with van der Waals surface area (Å²) in [6.07, 6.45) is 4.55. The first kappa shape index (κ1) is 13.4. The van der Waals surface area contributed by atoms with Gasteiger partial charge < -0.3 is 5.73 Å². The van der Waals surface area contributed by atoms with Gasteiger partial charge in [0.05, 0.1) is 4.90 Å². The Morgan fingerprint density at radius 2 is 2.06 bits per heavy atom. The fourth-order valence-corrected chi connectivity index (χ4v) is 3.57. The molecular formula is C12H15ClN2O2S. The zero-order valence-electron chi connectivity index (χ0n) is 10.1. The Labute approximate surface area is 112 Å². The highest BCUT2D eigenvalue weighted by Crippen LogP contribution is 2.28. The molecule has 6 heteroatoms. The molecule has 18 heavy (non-hydrogen) atoms. The van der Waals surface area contributed by atoms with Crippen molar-refractivity contribution in [3.63, 3.8) is 0 Å². The minimum Gasteiger partial charge on any atom is -0.398 e. The molecule has 1 heterocycles. The largest absolute Gasteiger partial charge is 0.398 e. The van der Waals surface area contributed by atoms with Gasteiger partial charge in [-0.1, -0.05) is 23.8 Å². The highest BCUT2D eigenvalue weighted by molar-refractivity contribution is 7.89. The van der Waals surface area contributed by atoms with Crippen LogP contribution in [-0.4, -0.2) is 25.8 Å². The molecule has 98 valence electrons. The molecule has 0 atom stereocenters. The lowest BCUT2D eigenvalue weighted by Crippen LogP contribution is -2.33. The topological polar surface area (TPSA) is 63.4 Å². The van der Waals surface area contributed by atoms with Crippen LogP contribution in [0.15, 0.2) is 29.2 Å².